The molecule has 0 aromatic rings. The highest BCUT2D eigenvalue weighted by atomic mass is 16.5. The van der Waals surface area contributed by atoms with E-state index >= 15 is 0 Å². The van der Waals surface area contributed by atoms with E-state index in [1.165, 1.54) is 12.2 Å². The van der Waals surface area contributed by atoms with Crippen LogP contribution in [0, 0.1) is 34.0 Å². The first-order valence-electron chi connectivity index (χ1n) is 4.25. The highest BCUT2D eigenvalue weighted by Gasteiger charge is 1.99. The van der Waals surface area contributed by atoms with Crippen molar-refractivity contribution in [1.29, 1.82) is 15.8 Å². The number of ether oxygens (including phenoxy) is 1. The second-order valence-electron chi connectivity index (χ2n) is 2.40. The minimum atomic E-state index is -0.157. The zero-order chi connectivity index (χ0) is 12.4. The summed E-state index contributed by atoms with van der Waals surface area (Å²) in [6, 6.07) is 4.96. The van der Waals surface area contributed by atoms with Gasteiger partial charge in [0, 0.05) is 12.2 Å². The highest BCUT2D eigenvalue weighted by molar-refractivity contribution is 5.70. The molecule has 0 aliphatic heterocycles. The predicted molar refractivity (Wildman–Crippen MR) is 56.5 cm³/mol. The summed E-state index contributed by atoms with van der Waals surface area (Å²) in [5, 5.41) is 34.1. The van der Waals surface area contributed by atoms with Crippen LogP contribution < -0.4 is 0 Å². The van der Waals surface area contributed by atoms with Crippen molar-refractivity contribution in [2.45, 2.75) is 6.92 Å². The van der Waals surface area contributed by atoms with Gasteiger partial charge in [-0.25, -0.2) is 0 Å². The molecular formula is C11H7N4O-. The van der Waals surface area contributed by atoms with Gasteiger partial charge in [-0.3, -0.25) is 5.87 Å². The summed E-state index contributed by atoms with van der Waals surface area (Å²) < 4.78 is 5.07. The van der Waals surface area contributed by atoms with Crippen LogP contribution in [0.4, 0.5) is 0 Å². The number of rotatable bonds is 4. The maximum Gasteiger partial charge on any atom is 0.133 e. The van der Waals surface area contributed by atoms with Crippen LogP contribution in [0.15, 0.2) is 29.1 Å². The number of nitrogens with zero attached hydrogens (tertiary/aromatic N) is 4. The molecule has 0 N–H and O–H groups in total. The standard InChI is InChI=1S/C11H7N4O/c1-2-16-11(3-9(5-12)6-13)4-10(7-14)8-15/h3-4H,2H2,1H3/q-1/b11-3+. The minimum Gasteiger partial charge on any atom is -0.762 e. The third-order valence-electron chi connectivity index (χ3n) is 1.37. The number of hydrogen-bond donors (Lipinski definition) is 0. The Hall–Kier alpha value is -2.80. The summed E-state index contributed by atoms with van der Waals surface area (Å²) in [5.74, 6) is 1.79. The lowest BCUT2D eigenvalue weighted by Gasteiger charge is -2.02. The van der Waals surface area contributed by atoms with Gasteiger partial charge in [0.05, 0.1) is 12.2 Å². The second-order valence-corrected chi connectivity index (χ2v) is 2.40. The molecule has 16 heavy (non-hydrogen) atoms. The summed E-state index contributed by atoms with van der Waals surface area (Å²) in [6.07, 6.45) is 2.36. The van der Waals surface area contributed by atoms with Crippen LogP contribution in [-0.4, -0.2) is 12.5 Å². The van der Waals surface area contributed by atoms with Crippen LogP contribution >= 0.6 is 0 Å². The monoisotopic (exact) mass is 211 g/mol. The summed E-state index contributed by atoms with van der Waals surface area (Å²) >= 11 is 0. The lowest BCUT2D eigenvalue weighted by atomic mass is 10.2. The van der Waals surface area contributed by atoms with E-state index in [1.807, 2.05) is 0 Å². The number of allylic oxidation sites excluding steroid dienone is 4. The Morgan fingerprint density at radius 1 is 1.19 bits per heavy atom. The molecule has 0 aromatic carbocycles. The van der Waals surface area contributed by atoms with Crippen molar-refractivity contribution in [3.63, 3.8) is 0 Å². The first kappa shape index (κ1) is 13.2. The van der Waals surface area contributed by atoms with Crippen molar-refractivity contribution < 1.29 is 4.74 Å². The van der Waals surface area contributed by atoms with Crippen molar-refractivity contribution in [2.75, 3.05) is 6.61 Å². The van der Waals surface area contributed by atoms with Crippen LogP contribution in [-0.2, 0) is 4.74 Å². The van der Waals surface area contributed by atoms with E-state index in [0.29, 0.717) is 6.61 Å². The Morgan fingerprint density at radius 3 is 2.19 bits per heavy atom. The number of nitriles is 3. The molecule has 0 rings (SSSR count). The van der Waals surface area contributed by atoms with Gasteiger partial charge in [-0.15, -0.1) is 0 Å². The van der Waals surface area contributed by atoms with Crippen LogP contribution in [0.5, 0.6) is 0 Å². The summed E-state index contributed by atoms with van der Waals surface area (Å²) in [4.78, 5) is 0. The molecule has 0 spiro atoms. The van der Waals surface area contributed by atoms with E-state index in [2.05, 4.69) is 0 Å². The Labute approximate surface area is 93.3 Å². The van der Waals surface area contributed by atoms with Crippen LogP contribution in [0.2, 0.25) is 0 Å². The van der Waals surface area contributed by atoms with Gasteiger partial charge >= 0.3 is 0 Å². The topological polar surface area (TPSA) is 103 Å². The molecule has 0 aliphatic carbocycles. The van der Waals surface area contributed by atoms with Crippen LogP contribution in [0.3, 0.4) is 0 Å². The Bertz CT molecular complexity index is 472. The summed E-state index contributed by atoms with van der Waals surface area (Å²) in [5.41, 5.74) is -0.315. The van der Waals surface area contributed by atoms with Crippen molar-refractivity contribution in [3.05, 3.63) is 34.5 Å². The van der Waals surface area contributed by atoms with Crippen LogP contribution in [0.1, 0.15) is 6.92 Å². The lowest BCUT2D eigenvalue weighted by Crippen LogP contribution is -1.91. The fourth-order valence-electron chi connectivity index (χ4n) is 0.755. The van der Waals surface area contributed by atoms with Gasteiger partial charge in [0.15, 0.2) is 0 Å². The van der Waals surface area contributed by atoms with Crippen molar-refractivity contribution >= 4 is 5.87 Å². The molecule has 0 fully saturated rings. The summed E-state index contributed by atoms with van der Waals surface area (Å²) in [6.45, 7) is 2.01. The molecule has 0 aliphatic rings. The normalized spacial score (nSPS) is 8.75. The molecule has 0 aromatic heterocycles. The maximum absolute atomic E-state index is 8.53. The van der Waals surface area contributed by atoms with Crippen LogP contribution in [0.25, 0.3) is 5.41 Å². The van der Waals surface area contributed by atoms with Crippen molar-refractivity contribution in [1.82, 2.24) is 0 Å². The first-order valence-corrected chi connectivity index (χ1v) is 4.25. The van der Waals surface area contributed by atoms with E-state index < -0.39 is 0 Å². The zero-order valence-electron chi connectivity index (χ0n) is 8.56. The summed E-state index contributed by atoms with van der Waals surface area (Å²) in [7, 11) is 0. The molecular weight excluding hydrogens is 204 g/mol. The second kappa shape index (κ2) is 7.59. The molecule has 5 nitrogen and oxygen atoms in total. The third kappa shape index (κ3) is 4.44. The largest absolute Gasteiger partial charge is 0.762 e. The molecule has 0 radical (unpaired) electrons. The highest BCUT2D eigenvalue weighted by Crippen LogP contribution is 2.06. The molecule has 0 atom stereocenters. The molecule has 5 heteroatoms. The Morgan fingerprint density at radius 2 is 1.81 bits per heavy atom. The molecule has 0 heterocycles. The van der Waals surface area contributed by atoms with Gasteiger partial charge in [0.2, 0.25) is 0 Å². The average molecular weight is 211 g/mol. The van der Waals surface area contributed by atoms with Gasteiger partial charge in [-0.1, -0.05) is 0 Å². The molecule has 0 bridgehead atoms. The first-order chi connectivity index (χ1) is 7.71. The van der Waals surface area contributed by atoms with E-state index in [0.717, 1.165) is 0 Å². The van der Waals surface area contributed by atoms with Gasteiger partial charge < -0.3 is 10.1 Å². The van der Waals surface area contributed by atoms with Gasteiger partial charge in [-0.2, -0.15) is 15.8 Å². The quantitative estimate of drug-likeness (QED) is 0.304. The van der Waals surface area contributed by atoms with Crippen molar-refractivity contribution in [2.24, 2.45) is 0 Å². The molecule has 0 amide bonds. The van der Waals surface area contributed by atoms with Gasteiger partial charge in [0.1, 0.15) is 29.5 Å². The molecule has 0 unspecified atom stereocenters. The lowest BCUT2D eigenvalue weighted by molar-refractivity contribution is 0.242. The molecule has 0 saturated carbocycles. The average Bonchev–Trinajstić information content (AvgIpc) is 2.32. The third-order valence-corrected chi connectivity index (χ3v) is 1.37. The fourth-order valence-corrected chi connectivity index (χ4v) is 0.755. The van der Waals surface area contributed by atoms with E-state index in [4.69, 9.17) is 25.9 Å². The predicted octanol–water partition coefficient (Wildman–Crippen LogP) is 1.57. The van der Waals surface area contributed by atoms with Gasteiger partial charge in [0.25, 0.3) is 0 Å². The van der Waals surface area contributed by atoms with Crippen molar-refractivity contribution in [3.8, 4) is 18.2 Å². The Kier molecular flexibility index (Phi) is 6.26. The SMILES string of the molecule is CCO/C(C=C(C#N)C#N)=C/C(=C=[N-])C#N. The molecule has 0 saturated heterocycles. The molecule has 78 valence electrons. The van der Waals surface area contributed by atoms with Gasteiger partial charge in [-0.05, 0) is 6.92 Å². The zero-order valence-corrected chi connectivity index (χ0v) is 8.56. The minimum absolute atomic E-state index is 0.138. The fraction of sp³-hybridized carbons (Fsp3) is 0.182. The number of hydrogen-bond acceptors (Lipinski definition) is 4. The smallest absolute Gasteiger partial charge is 0.133 e. The van der Waals surface area contributed by atoms with E-state index in [1.54, 1.807) is 31.0 Å². The maximum atomic E-state index is 8.53. The Balaban J connectivity index is 5.30. The van der Waals surface area contributed by atoms with E-state index in [-0.39, 0.29) is 16.9 Å². The van der Waals surface area contributed by atoms with E-state index in [9.17, 15) is 0 Å².